The molecule has 1 aliphatic carbocycles. The second kappa shape index (κ2) is 5.83. The molecule has 88 valence electrons. The molecule has 2 rings (SSSR count). The molecule has 16 heavy (non-hydrogen) atoms. The summed E-state index contributed by atoms with van der Waals surface area (Å²) in [5, 5.41) is 3.59. The van der Waals surface area contributed by atoms with Crippen molar-refractivity contribution < 1.29 is 0 Å². The van der Waals surface area contributed by atoms with Crippen molar-refractivity contribution >= 4 is 15.9 Å². The summed E-state index contributed by atoms with van der Waals surface area (Å²) in [7, 11) is 0. The number of benzene rings is 1. The lowest BCUT2D eigenvalue weighted by Crippen LogP contribution is -2.19. The fourth-order valence-corrected chi connectivity index (χ4v) is 2.43. The van der Waals surface area contributed by atoms with Crippen molar-refractivity contribution in [3.05, 3.63) is 34.3 Å². The van der Waals surface area contributed by atoms with E-state index in [2.05, 4.69) is 52.4 Å². The van der Waals surface area contributed by atoms with Gasteiger partial charge in [0.1, 0.15) is 0 Å². The van der Waals surface area contributed by atoms with E-state index in [1.54, 1.807) is 0 Å². The van der Waals surface area contributed by atoms with Gasteiger partial charge in [-0.1, -0.05) is 40.9 Å². The molecule has 0 aromatic heterocycles. The summed E-state index contributed by atoms with van der Waals surface area (Å²) in [4.78, 5) is 0. The number of rotatable bonds is 6. The van der Waals surface area contributed by atoms with Crippen LogP contribution in [0, 0.1) is 5.92 Å². The van der Waals surface area contributed by atoms with Crippen molar-refractivity contribution in [3.63, 3.8) is 0 Å². The van der Waals surface area contributed by atoms with Crippen LogP contribution in [0.4, 0.5) is 0 Å². The zero-order valence-corrected chi connectivity index (χ0v) is 11.5. The molecule has 0 radical (unpaired) electrons. The average molecular weight is 282 g/mol. The highest BCUT2D eigenvalue weighted by atomic mass is 79.9. The van der Waals surface area contributed by atoms with E-state index in [1.807, 2.05) is 0 Å². The first kappa shape index (κ1) is 12.1. The van der Waals surface area contributed by atoms with Crippen LogP contribution in [0.1, 0.15) is 44.2 Å². The molecule has 1 fully saturated rings. The monoisotopic (exact) mass is 281 g/mol. The Kier molecular flexibility index (Phi) is 4.42. The molecule has 0 heterocycles. The molecule has 0 spiro atoms. The van der Waals surface area contributed by atoms with E-state index in [4.69, 9.17) is 0 Å². The van der Waals surface area contributed by atoms with Crippen LogP contribution in [0.3, 0.4) is 0 Å². The number of hydrogen-bond acceptors (Lipinski definition) is 1. The number of halogens is 1. The second-order valence-electron chi connectivity index (χ2n) is 4.82. The Hall–Kier alpha value is -0.340. The minimum atomic E-state index is 0.455. The van der Waals surface area contributed by atoms with E-state index >= 15 is 0 Å². The maximum Gasteiger partial charge on any atom is 0.0292 e. The van der Waals surface area contributed by atoms with Crippen molar-refractivity contribution in [2.75, 3.05) is 6.54 Å². The summed E-state index contributed by atoms with van der Waals surface area (Å²) < 4.78 is 1.16. The van der Waals surface area contributed by atoms with Gasteiger partial charge in [0.2, 0.25) is 0 Å². The fraction of sp³-hybridized carbons (Fsp3) is 0.571. The lowest BCUT2D eigenvalue weighted by atomic mass is 10.1. The van der Waals surface area contributed by atoms with Crippen LogP contribution in [-0.4, -0.2) is 6.54 Å². The molecule has 0 saturated heterocycles. The minimum absolute atomic E-state index is 0.455. The normalized spacial score (nSPS) is 17.4. The van der Waals surface area contributed by atoms with Crippen LogP contribution in [0.15, 0.2) is 28.7 Å². The van der Waals surface area contributed by atoms with Gasteiger partial charge in [0, 0.05) is 10.5 Å². The summed E-state index contributed by atoms with van der Waals surface area (Å²) in [6.07, 6.45) is 5.68. The van der Waals surface area contributed by atoms with E-state index in [1.165, 1.54) is 31.2 Å². The summed E-state index contributed by atoms with van der Waals surface area (Å²) in [6.45, 7) is 3.38. The highest BCUT2D eigenvalue weighted by Crippen LogP contribution is 2.33. The molecular formula is C14H20BrN. The first-order valence-electron chi connectivity index (χ1n) is 6.24. The van der Waals surface area contributed by atoms with E-state index < -0.39 is 0 Å². The Bertz CT molecular complexity index is 333. The number of nitrogens with one attached hydrogen (secondary N) is 1. The molecule has 1 aromatic carbocycles. The summed E-state index contributed by atoms with van der Waals surface area (Å²) in [5.41, 5.74) is 1.36. The molecule has 1 unspecified atom stereocenters. The first-order chi connectivity index (χ1) is 7.75. The average Bonchev–Trinajstić information content (AvgIpc) is 3.08. The van der Waals surface area contributed by atoms with Gasteiger partial charge in [-0.25, -0.2) is 0 Å². The SMILES string of the molecule is CC(NCCCC1CC1)c1cccc(Br)c1. The topological polar surface area (TPSA) is 12.0 Å². The summed E-state index contributed by atoms with van der Waals surface area (Å²) >= 11 is 3.51. The molecule has 1 N–H and O–H groups in total. The molecule has 0 bridgehead atoms. The third kappa shape index (κ3) is 3.91. The third-order valence-electron chi connectivity index (χ3n) is 3.29. The van der Waals surface area contributed by atoms with Gasteiger partial charge >= 0.3 is 0 Å². The van der Waals surface area contributed by atoms with Gasteiger partial charge in [-0.2, -0.15) is 0 Å². The first-order valence-corrected chi connectivity index (χ1v) is 7.04. The molecule has 1 nitrogen and oxygen atoms in total. The Labute approximate surface area is 107 Å². The van der Waals surface area contributed by atoms with Gasteiger partial charge in [0.15, 0.2) is 0 Å². The van der Waals surface area contributed by atoms with Gasteiger partial charge in [0.25, 0.3) is 0 Å². The van der Waals surface area contributed by atoms with Crippen LogP contribution in [0.2, 0.25) is 0 Å². The quantitative estimate of drug-likeness (QED) is 0.767. The van der Waals surface area contributed by atoms with Crippen LogP contribution in [0.5, 0.6) is 0 Å². The zero-order chi connectivity index (χ0) is 11.4. The summed E-state index contributed by atoms with van der Waals surface area (Å²) in [5.74, 6) is 1.06. The van der Waals surface area contributed by atoms with E-state index in [-0.39, 0.29) is 0 Å². The van der Waals surface area contributed by atoms with Crippen molar-refractivity contribution in [3.8, 4) is 0 Å². The molecule has 2 heteroatoms. The molecule has 1 saturated carbocycles. The van der Waals surface area contributed by atoms with E-state index in [0.29, 0.717) is 6.04 Å². The van der Waals surface area contributed by atoms with E-state index in [9.17, 15) is 0 Å². The molecule has 1 aromatic rings. The maximum absolute atomic E-state index is 3.59. The molecular weight excluding hydrogens is 262 g/mol. The van der Waals surface area contributed by atoms with Crippen LogP contribution >= 0.6 is 15.9 Å². The fourth-order valence-electron chi connectivity index (χ4n) is 2.01. The zero-order valence-electron chi connectivity index (χ0n) is 9.88. The molecule has 0 amide bonds. The second-order valence-corrected chi connectivity index (χ2v) is 5.73. The van der Waals surface area contributed by atoms with Crippen LogP contribution in [-0.2, 0) is 0 Å². The van der Waals surface area contributed by atoms with Crippen LogP contribution in [0.25, 0.3) is 0 Å². The Balaban J connectivity index is 1.71. The number of hydrogen-bond donors (Lipinski definition) is 1. The largest absolute Gasteiger partial charge is 0.310 e. The van der Waals surface area contributed by atoms with Crippen molar-refractivity contribution in [1.82, 2.24) is 5.32 Å². The van der Waals surface area contributed by atoms with E-state index in [0.717, 1.165) is 16.9 Å². The predicted molar refractivity (Wildman–Crippen MR) is 72.5 cm³/mol. The minimum Gasteiger partial charge on any atom is -0.310 e. The van der Waals surface area contributed by atoms with Gasteiger partial charge in [-0.15, -0.1) is 0 Å². The lowest BCUT2D eigenvalue weighted by Gasteiger charge is -2.14. The van der Waals surface area contributed by atoms with Crippen LogP contribution < -0.4 is 5.32 Å². The van der Waals surface area contributed by atoms with Gasteiger partial charge < -0.3 is 5.32 Å². The highest BCUT2D eigenvalue weighted by molar-refractivity contribution is 9.10. The third-order valence-corrected chi connectivity index (χ3v) is 3.78. The standard InChI is InChI=1S/C14H20BrN/c1-11(13-5-2-6-14(15)10-13)16-9-3-4-12-7-8-12/h2,5-6,10-12,16H,3-4,7-9H2,1H3. The Morgan fingerprint density at radius 3 is 2.94 bits per heavy atom. The molecule has 0 aliphatic heterocycles. The van der Waals surface area contributed by atoms with Gasteiger partial charge in [-0.3, -0.25) is 0 Å². The maximum atomic E-state index is 3.59. The van der Waals surface area contributed by atoms with Gasteiger partial charge in [0.05, 0.1) is 0 Å². The Morgan fingerprint density at radius 2 is 2.25 bits per heavy atom. The smallest absolute Gasteiger partial charge is 0.0292 e. The molecule has 1 aliphatic rings. The lowest BCUT2D eigenvalue weighted by molar-refractivity contribution is 0.533. The van der Waals surface area contributed by atoms with Crippen molar-refractivity contribution in [2.24, 2.45) is 5.92 Å². The summed E-state index contributed by atoms with van der Waals surface area (Å²) in [6, 6.07) is 9.00. The van der Waals surface area contributed by atoms with Gasteiger partial charge in [-0.05, 0) is 49.9 Å². The molecule has 1 atom stereocenters. The predicted octanol–water partition coefficient (Wildman–Crippen LogP) is 4.29. The Morgan fingerprint density at radius 1 is 1.44 bits per heavy atom. The van der Waals surface area contributed by atoms with Crippen molar-refractivity contribution in [1.29, 1.82) is 0 Å². The van der Waals surface area contributed by atoms with Crippen molar-refractivity contribution in [2.45, 2.75) is 38.6 Å². The highest BCUT2D eigenvalue weighted by Gasteiger charge is 2.20.